The summed E-state index contributed by atoms with van der Waals surface area (Å²) in [4.78, 5) is 29.0. The zero-order chi connectivity index (χ0) is 23.8. The summed E-state index contributed by atoms with van der Waals surface area (Å²) < 4.78 is 15.8. The van der Waals surface area contributed by atoms with Crippen LogP contribution in [0.1, 0.15) is 88.8 Å². The number of fused-ring (bicyclic) bond motifs is 1. The van der Waals surface area contributed by atoms with Crippen LogP contribution in [0.3, 0.4) is 0 Å². The van der Waals surface area contributed by atoms with E-state index in [1.165, 1.54) is 36.3 Å². The second-order valence-electron chi connectivity index (χ2n) is 10.7. The Morgan fingerprint density at radius 3 is 2.42 bits per heavy atom. The molecule has 0 spiro atoms. The number of hydrogen-bond acceptors (Lipinski definition) is 3. The van der Waals surface area contributed by atoms with Crippen molar-refractivity contribution in [2.75, 3.05) is 4.90 Å². The maximum Gasteiger partial charge on any atom is 0.277 e. The molecule has 1 aromatic heterocycles. The lowest BCUT2D eigenvalue weighted by Crippen LogP contribution is -2.65. The standard InChI is InChI=1S/C26H35FN4O2/c1-25(2,3)22-16-21-23(32)31(20-14-10-11-18(27)15-20)26(4,17-30(21)29-22)24(33)28-19-12-8-6-5-7-9-13-19/h10-11,14-16,19H,5-9,12-13,17H2,1-4H3,(H,28,33)/t26-/m1/s1. The lowest BCUT2D eigenvalue weighted by atomic mass is 9.90. The largest absolute Gasteiger partial charge is 0.351 e. The molecule has 1 saturated carbocycles. The number of amides is 2. The van der Waals surface area contributed by atoms with Gasteiger partial charge in [0.05, 0.1) is 12.2 Å². The lowest BCUT2D eigenvalue weighted by Gasteiger charge is -2.43. The van der Waals surface area contributed by atoms with Gasteiger partial charge in [0, 0.05) is 17.1 Å². The minimum absolute atomic E-state index is 0.0863. The molecule has 4 rings (SSSR count). The molecule has 6 nitrogen and oxygen atoms in total. The van der Waals surface area contributed by atoms with Crippen LogP contribution in [-0.2, 0) is 16.8 Å². The molecule has 0 unspecified atom stereocenters. The first-order valence-corrected chi connectivity index (χ1v) is 12.1. The number of benzene rings is 1. The van der Waals surface area contributed by atoms with Crippen LogP contribution in [0.25, 0.3) is 0 Å². The van der Waals surface area contributed by atoms with E-state index in [2.05, 4.69) is 10.4 Å². The number of halogens is 1. The second-order valence-corrected chi connectivity index (χ2v) is 10.7. The summed E-state index contributed by atoms with van der Waals surface area (Å²) in [6.07, 6.45) is 7.68. The third-order valence-corrected chi connectivity index (χ3v) is 6.92. The van der Waals surface area contributed by atoms with Crippen molar-refractivity contribution in [2.45, 2.75) is 96.2 Å². The van der Waals surface area contributed by atoms with Gasteiger partial charge < -0.3 is 5.32 Å². The highest BCUT2D eigenvalue weighted by atomic mass is 19.1. The predicted octanol–water partition coefficient (Wildman–Crippen LogP) is 4.97. The molecule has 0 saturated heterocycles. The molecule has 1 aliphatic heterocycles. The number of aromatic nitrogens is 2. The van der Waals surface area contributed by atoms with Crippen molar-refractivity contribution in [3.8, 4) is 0 Å². The summed E-state index contributed by atoms with van der Waals surface area (Å²) in [6, 6.07) is 7.78. The second kappa shape index (κ2) is 8.92. The van der Waals surface area contributed by atoms with E-state index in [-0.39, 0.29) is 29.8 Å². The Morgan fingerprint density at radius 1 is 1.12 bits per heavy atom. The third-order valence-electron chi connectivity index (χ3n) is 6.92. The first-order chi connectivity index (χ1) is 15.6. The van der Waals surface area contributed by atoms with E-state index >= 15 is 0 Å². The summed E-state index contributed by atoms with van der Waals surface area (Å²) in [6.45, 7) is 8.08. The molecule has 2 heterocycles. The molecule has 2 aliphatic rings. The van der Waals surface area contributed by atoms with Crippen molar-refractivity contribution in [3.05, 3.63) is 47.5 Å². The smallest absolute Gasteiger partial charge is 0.277 e. The van der Waals surface area contributed by atoms with Gasteiger partial charge in [-0.1, -0.05) is 58.9 Å². The van der Waals surface area contributed by atoms with Crippen molar-refractivity contribution >= 4 is 17.5 Å². The quantitative estimate of drug-likeness (QED) is 0.712. The fraction of sp³-hybridized carbons (Fsp3) is 0.577. The van der Waals surface area contributed by atoms with Gasteiger partial charge >= 0.3 is 0 Å². The fourth-order valence-electron chi connectivity index (χ4n) is 4.91. The number of anilines is 1. The van der Waals surface area contributed by atoms with Crippen LogP contribution >= 0.6 is 0 Å². The summed E-state index contributed by atoms with van der Waals surface area (Å²) in [7, 11) is 0. The van der Waals surface area contributed by atoms with E-state index in [0.717, 1.165) is 31.4 Å². The molecule has 1 fully saturated rings. The third kappa shape index (κ3) is 4.68. The number of nitrogens with one attached hydrogen (secondary N) is 1. The number of rotatable bonds is 3. The van der Waals surface area contributed by atoms with Gasteiger partial charge in [0.1, 0.15) is 17.1 Å². The first-order valence-electron chi connectivity index (χ1n) is 12.1. The topological polar surface area (TPSA) is 67.2 Å². The summed E-state index contributed by atoms with van der Waals surface area (Å²) in [5.41, 5.74) is 0.1000. The Labute approximate surface area is 195 Å². The summed E-state index contributed by atoms with van der Waals surface area (Å²) >= 11 is 0. The molecule has 1 aliphatic carbocycles. The highest BCUT2D eigenvalue weighted by Crippen LogP contribution is 2.35. The SMILES string of the molecule is CC(C)(C)c1cc2n(n1)C[C@](C)(C(=O)NC1CCCCCCC1)N(c1cccc(F)c1)C2=O. The molecule has 1 atom stereocenters. The average molecular weight is 455 g/mol. The van der Waals surface area contributed by atoms with Gasteiger partial charge in [0.2, 0.25) is 5.91 Å². The Hall–Kier alpha value is -2.70. The van der Waals surface area contributed by atoms with E-state index in [4.69, 9.17) is 0 Å². The molecule has 33 heavy (non-hydrogen) atoms. The van der Waals surface area contributed by atoms with E-state index in [9.17, 15) is 14.0 Å². The average Bonchev–Trinajstić information content (AvgIpc) is 3.14. The Morgan fingerprint density at radius 2 is 1.79 bits per heavy atom. The molecule has 1 N–H and O–H groups in total. The van der Waals surface area contributed by atoms with Crippen molar-refractivity contribution < 1.29 is 14.0 Å². The van der Waals surface area contributed by atoms with Gasteiger partial charge in [-0.15, -0.1) is 0 Å². The van der Waals surface area contributed by atoms with Gasteiger partial charge in [-0.25, -0.2) is 4.39 Å². The Bertz CT molecular complexity index is 1030. The number of carbonyl (C=O) groups is 2. The monoisotopic (exact) mass is 454 g/mol. The van der Waals surface area contributed by atoms with Crippen molar-refractivity contribution in [2.24, 2.45) is 0 Å². The highest BCUT2D eigenvalue weighted by Gasteiger charge is 2.49. The molecular formula is C26H35FN4O2. The summed E-state index contributed by atoms with van der Waals surface area (Å²) in [5.74, 6) is -1.01. The van der Waals surface area contributed by atoms with Crippen molar-refractivity contribution in [1.82, 2.24) is 15.1 Å². The van der Waals surface area contributed by atoms with Crippen molar-refractivity contribution in [3.63, 3.8) is 0 Å². The minimum Gasteiger partial charge on any atom is -0.351 e. The first kappa shape index (κ1) is 23.5. The minimum atomic E-state index is -1.23. The molecule has 0 bridgehead atoms. The van der Waals surface area contributed by atoms with Crippen LogP contribution in [0.15, 0.2) is 30.3 Å². The maximum absolute atomic E-state index is 14.2. The molecular weight excluding hydrogens is 419 g/mol. The zero-order valence-corrected chi connectivity index (χ0v) is 20.2. The summed E-state index contributed by atoms with van der Waals surface area (Å²) in [5, 5.41) is 7.92. The zero-order valence-electron chi connectivity index (χ0n) is 20.2. The maximum atomic E-state index is 14.2. The number of nitrogens with zero attached hydrogens (tertiary/aromatic N) is 3. The van der Waals surface area contributed by atoms with Crippen LogP contribution in [0.2, 0.25) is 0 Å². The van der Waals surface area contributed by atoms with Gasteiger partial charge in [-0.3, -0.25) is 19.2 Å². The highest BCUT2D eigenvalue weighted by molar-refractivity contribution is 6.11. The van der Waals surface area contributed by atoms with E-state index in [1.807, 2.05) is 20.8 Å². The van der Waals surface area contributed by atoms with Crippen LogP contribution in [-0.4, -0.2) is 33.2 Å². The molecule has 2 aromatic rings. The molecule has 178 valence electrons. The van der Waals surface area contributed by atoms with Gasteiger partial charge in [-0.2, -0.15) is 5.10 Å². The Balaban J connectivity index is 1.73. The normalized spacial score (nSPS) is 22.5. The van der Waals surface area contributed by atoms with Crippen LogP contribution < -0.4 is 10.2 Å². The van der Waals surface area contributed by atoms with Gasteiger partial charge in [0.15, 0.2) is 0 Å². The van der Waals surface area contributed by atoms with E-state index in [0.29, 0.717) is 11.4 Å². The Kier molecular flexibility index (Phi) is 6.34. The van der Waals surface area contributed by atoms with E-state index < -0.39 is 11.4 Å². The van der Waals surface area contributed by atoms with E-state index in [1.54, 1.807) is 29.8 Å². The van der Waals surface area contributed by atoms with Crippen LogP contribution in [0.5, 0.6) is 0 Å². The molecule has 0 radical (unpaired) electrons. The molecule has 2 amide bonds. The predicted molar refractivity (Wildman–Crippen MR) is 127 cm³/mol. The molecule has 7 heteroatoms. The van der Waals surface area contributed by atoms with Gasteiger partial charge in [-0.05, 0) is 44.0 Å². The lowest BCUT2D eigenvalue weighted by molar-refractivity contribution is -0.127. The van der Waals surface area contributed by atoms with Crippen LogP contribution in [0, 0.1) is 5.82 Å². The fourth-order valence-corrected chi connectivity index (χ4v) is 4.91. The van der Waals surface area contributed by atoms with Crippen LogP contribution in [0.4, 0.5) is 10.1 Å². The number of hydrogen-bond donors (Lipinski definition) is 1. The number of carbonyl (C=O) groups excluding carboxylic acids is 2. The van der Waals surface area contributed by atoms with Gasteiger partial charge in [0.25, 0.3) is 5.91 Å². The molecule has 1 aromatic carbocycles. The van der Waals surface area contributed by atoms with Crippen molar-refractivity contribution in [1.29, 1.82) is 0 Å².